The maximum Gasteiger partial charge on any atom is 0.264 e. The van der Waals surface area contributed by atoms with Gasteiger partial charge >= 0.3 is 0 Å². The molecule has 0 bridgehead atoms. The number of aryl methyl sites for hydroxylation is 1. The van der Waals surface area contributed by atoms with Crippen molar-refractivity contribution in [2.24, 2.45) is 0 Å². The highest BCUT2D eigenvalue weighted by atomic mass is 32.2. The van der Waals surface area contributed by atoms with Crippen LogP contribution < -0.4 is 10.0 Å². The predicted octanol–water partition coefficient (Wildman–Crippen LogP) is 2.62. The summed E-state index contributed by atoms with van der Waals surface area (Å²) < 4.78 is 54.4. The van der Waals surface area contributed by atoms with Gasteiger partial charge in [0.05, 0.1) is 9.79 Å². The summed E-state index contributed by atoms with van der Waals surface area (Å²) >= 11 is 0. The van der Waals surface area contributed by atoms with E-state index in [0.29, 0.717) is 24.3 Å². The number of benzene rings is 2. The quantitative estimate of drug-likeness (QED) is 0.507. The van der Waals surface area contributed by atoms with E-state index >= 15 is 0 Å². The summed E-state index contributed by atoms with van der Waals surface area (Å²) in [5, 5.41) is 2.69. The zero-order valence-corrected chi connectivity index (χ0v) is 19.9. The van der Waals surface area contributed by atoms with Gasteiger partial charge in [-0.1, -0.05) is 6.07 Å². The van der Waals surface area contributed by atoms with Gasteiger partial charge in [0.25, 0.3) is 15.9 Å². The summed E-state index contributed by atoms with van der Waals surface area (Å²) in [4.78, 5) is 20.6. The lowest BCUT2D eigenvalue weighted by molar-refractivity contribution is 0.102. The monoisotopic (exact) mass is 501 g/mol. The second kappa shape index (κ2) is 9.49. The third-order valence-electron chi connectivity index (χ3n) is 5.37. The van der Waals surface area contributed by atoms with Crippen molar-refractivity contribution in [2.45, 2.75) is 29.6 Å². The van der Waals surface area contributed by atoms with Crippen LogP contribution in [0.4, 0.5) is 11.6 Å². The second-order valence-corrected chi connectivity index (χ2v) is 11.4. The van der Waals surface area contributed by atoms with Crippen LogP contribution in [0, 0.1) is 6.92 Å². The summed E-state index contributed by atoms with van der Waals surface area (Å²) in [7, 11) is -7.57. The molecule has 10 nitrogen and oxygen atoms in total. The van der Waals surface area contributed by atoms with E-state index in [0.717, 1.165) is 12.8 Å². The van der Waals surface area contributed by atoms with E-state index in [1.54, 1.807) is 19.1 Å². The van der Waals surface area contributed by atoms with Crippen molar-refractivity contribution < 1.29 is 21.6 Å². The topological polar surface area (TPSA) is 138 Å². The zero-order chi connectivity index (χ0) is 24.3. The molecule has 1 saturated heterocycles. The number of anilines is 2. The number of sulfonamides is 2. The van der Waals surface area contributed by atoms with Crippen molar-refractivity contribution in [3.8, 4) is 0 Å². The Balaban J connectivity index is 1.51. The van der Waals surface area contributed by atoms with E-state index in [2.05, 4.69) is 20.0 Å². The van der Waals surface area contributed by atoms with Crippen LogP contribution >= 0.6 is 0 Å². The van der Waals surface area contributed by atoms with E-state index in [4.69, 9.17) is 0 Å². The van der Waals surface area contributed by atoms with Crippen molar-refractivity contribution in [2.75, 3.05) is 23.1 Å². The molecule has 1 fully saturated rings. The fraction of sp³-hybridized carbons (Fsp3) is 0.227. The summed E-state index contributed by atoms with van der Waals surface area (Å²) in [5.41, 5.74) is 1.19. The number of carbonyl (C=O) groups is 1. The predicted molar refractivity (Wildman–Crippen MR) is 126 cm³/mol. The fourth-order valence-corrected chi connectivity index (χ4v) is 6.03. The highest BCUT2D eigenvalue weighted by Gasteiger charge is 2.28. The first kappa shape index (κ1) is 23.8. The average molecular weight is 502 g/mol. The number of hydrogen-bond donors (Lipinski definition) is 2. The van der Waals surface area contributed by atoms with E-state index in [-0.39, 0.29) is 21.3 Å². The molecule has 2 N–H and O–H groups in total. The lowest BCUT2D eigenvalue weighted by Crippen LogP contribution is -2.28. The van der Waals surface area contributed by atoms with Gasteiger partial charge in [-0.15, -0.1) is 0 Å². The van der Waals surface area contributed by atoms with Crippen molar-refractivity contribution >= 4 is 37.6 Å². The van der Waals surface area contributed by atoms with Gasteiger partial charge in [-0.3, -0.25) is 4.79 Å². The Labute approximate surface area is 198 Å². The molecule has 1 aliphatic rings. The van der Waals surface area contributed by atoms with Crippen LogP contribution in [0.15, 0.2) is 70.7 Å². The van der Waals surface area contributed by atoms with Crippen LogP contribution in [0.25, 0.3) is 0 Å². The molecular weight excluding hydrogens is 478 g/mol. The molecule has 0 unspecified atom stereocenters. The third-order valence-corrected chi connectivity index (χ3v) is 8.61. The Hall–Kier alpha value is -3.35. The SMILES string of the molecule is Cc1ccc(S(=O)(=O)N2CCCC2)cc1C(=O)Nc1ccc(S(=O)(=O)Nc2ncccn2)cc1. The first-order chi connectivity index (χ1) is 16.2. The van der Waals surface area contributed by atoms with Crippen molar-refractivity contribution in [3.63, 3.8) is 0 Å². The lowest BCUT2D eigenvalue weighted by Gasteiger charge is -2.17. The van der Waals surface area contributed by atoms with Gasteiger partial charge in [-0.25, -0.2) is 31.5 Å². The van der Waals surface area contributed by atoms with Gasteiger partial charge in [0.1, 0.15) is 0 Å². The van der Waals surface area contributed by atoms with Gasteiger partial charge in [-0.2, -0.15) is 4.31 Å². The van der Waals surface area contributed by atoms with Crippen LogP contribution in [0.5, 0.6) is 0 Å². The molecule has 0 saturated carbocycles. The standard InChI is InChI=1S/C22H23N5O5S2/c1-16-5-8-19(34(31,32)27-13-2-3-14-27)15-20(16)21(28)25-17-6-9-18(10-7-17)33(29,30)26-22-23-11-4-12-24-22/h4-12,15H,2-3,13-14H2,1H3,(H,25,28)(H,23,24,26). The summed E-state index contributed by atoms with van der Waals surface area (Å²) in [5.74, 6) is -0.554. The van der Waals surface area contributed by atoms with Gasteiger partial charge in [0, 0.05) is 36.7 Å². The van der Waals surface area contributed by atoms with Crippen molar-refractivity contribution in [3.05, 3.63) is 72.1 Å². The Morgan fingerprint density at radius 2 is 1.53 bits per heavy atom. The fourth-order valence-electron chi connectivity index (χ4n) is 3.53. The number of hydrogen-bond acceptors (Lipinski definition) is 7. The van der Waals surface area contributed by atoms with E-state index in [1.165, 1.54) is 53.1 Å². The van der Waals surface area contributed by atoms with E-state index in [1.807, 2.05) is 0 Å². The molecule has 1 aromatic heterocycles. The van der Waals surface area contributed by atoms with Crippen molar-refractivity contribution in [1.29, 1.82) is 0 Å². The molecule has 0 radical (unpaired) electrons. The molecule has 34 heavy (non-hydrogen) atoms. The lowest BCUT2D eigenvalue weighted by atomic mass is 10.1. The van der Waals surface area contributed by atoms with Crippen LogP contribution in [0.2, 0.25) is 0 Å². The number of rotatable bonds is 7. The first-order valence-electron chi connectivity index (χ1n) is 10.5. The highest BCUT2D eigenvalue weighted by Crippen LogP contribution is 2.24. The molecule has 4 rings (SSSR count). The van der Waals surface area contributed by atoms with Gasteiger partial charge in [0.15, 0.2) is 0 Å². The molecule has 0 spiro atoms. The summed E-state index contributed by atoms with van der Waals surface area (Å²) in [6.07, 6.45) is 4.46. The molecule has 178 valence electrons. The Morgan fingerprint density at radius 3 is 2.18 bits per heavy atom. The zero-order valence-electron chi connectivity index (χ0n) is 18.3. The third kappa shape index (κ3) is 5.08. The minimum atomic E-state index is -3.91. The van der Waals surface area contributed by atoms with Crippen molar-refractivity contribution in [1.82, 2.24) is 14.3 Å². The number of nitrogens with one attached hydrogen (secondary N) is 2. The smallest absolute Gasteiger partial charge is 0.264 e. The first-order valence-corrected chi connectivity index (χ1v) is 13.4. The van der Waals surface area contributed by atoms with Crippen LogP contribution in [-0.2, 0) is 20.0 Å². The summed E-state index contributed by atoms with van der Waals surface area (Å²) in [6.45, 7) is 2.66. The van der Waals surface area contributed by atoms with E-state index in [9.17, 15) is 21.6 Å². The van der Waals surface area contributed by atoms with Gasteiger partial charge in [-0.05, 0) is 67.8 Å². The Morgan fingerprint density at radius 1 is 0.912 bits per heavy atom. The van der Waals surface area contributed by atoms with Crippen LogP contribution in [0.1, 0.15) is 28.8 Å². The largest absolute Gasteiger partial charge is 0.322 e. The number of nitrogens with zero attached hydrogens (tertiary/aromatic N) is 3. The normalized spacial score (nSPS) is 14.6. The minimum Gasteiger partial charge on any atom is -0.322 e. The van der Waals surface area contributed by atoms with Gasteiger partial charge in [0.2, 0.25) is 16.0 Å². The van der Waals surface area contributed by atoms with Gasteiger partial charge < -0.3 is 5.32 Å². The number of carbonyl (C=O) groups excluding carboxylic acids is 1. The van der Waals surface area contributed by atoms with Crippen LogP contribution in [-0.4, -0.2) is 50.1 Å². The molecule has 0 aliphatic carbocycles. The summed E-state index contributed by atoms with van der Waals surface area (Å²) in [6, 6.07) is 11.6. The highest BCUT2D eigenvalue weighted by molar-refractivity contribution is 7.92. The average Bonchev–Trinajstić information content (AvgIpc) is 3.36. The molecule has 0 atom stereocenters. The van der Waals surface area contributed by atoms with Crippen LogP contribution in [0.3, 0.4) is 0 Å². The maximum atomic E-state index is 12.9. The number of aromatic nitrogens is 2. The Bertz CT molecular complexity index is 1400. The van der Waals surface area contributed by atoms with E-state index < -0.39 is 26.0 Å². The molecule has 3 aromatic rings. The minimum absolute atomic E-state index is 0.0344. The molecule has 1 aliphatic heterocycles. The molecule has 2 heterocycles. The molecule has 12 heteroatoms. The Kier molecular flexibility index (Phi) is 6.64. The molecule has 2 aromatic carbocycles. The second-order valence-electron chi connectivity index (χ2n) is 7.74. The number of amides is 1. The molecular formula is C22H23N5O5S2. The molecule has 1 amide bonds. The maximum absolute atomic E-state index is 12.9.